The number of hydrogen-bond donors (Lipinski definition) is 6. The summed E-state index contributed by atoms with van der Waals surface area (Å²) in [6.45, 7) is 0. The van der Waals surface area contributed by atoms with Crippen molar-refractivity contribution in [2.24, 2.45) is 0 Å². The maximum absolute atomic E-state index is 12.9. The minimum atomic E-state index is -1.70. The van der Waals surface area contributed by atoms with E-state index in [0.29, 0.717) is 22.3 Å². The van der Waals surface area contributed by atoms with Gasteiger partial charge in [-0.2, -0.15) is 0 Å². The molecule has 2 aromatic carbocycles. The molecule has 8 bridgehead atoms. The maximum Gasteiger partial charge on any atom is 0.340 e. The average molecular weight is 639 g/mol. The first-order chi connectivity index (χ1) is 23.1. The first-order valence-corrected chi connectivity index (χ1v) is 14.4. The van der Waals surface area contributed by atoms with Gasteiger partial charge in [0.15, 0.2) is 0 Å². The number of carbonyl (C=O) groups is 4. The number of benzene rings is 2. The SMILES string of the molecule is O=C(O)c1c2nc(c(C(=O)O)c3[nH]c(c(C(=O)O)c3C(=O)O)c(-c3ccccc3)c3nc(c(-c4ccccc4)c4ccc1[nH]4)C=C3)C=C2. The largest absolute Gasteiger partial charge is 0.478 e. The normalized spacial score (nSPS) is 11.8. The van der Waals surface area contributed by atoms with Crippen LogP contribution in [0.2, 0.25) is 0 Å². The molecule has 0 radical (unpaired) electrons. The Morgan fingerprint density at radius 2 is 0.875 bits per heavy atom. The number of nitrogens with zero attached hydrogens (tertiary/aromatic N) is 2. The lowest BCUT2D eigenvalue weighted by molar-refractivity contribution is 0.0654. The third kappa shape index (κ3) is 4.81. The van der Waals surface area contributed by atoms with Crippen molar-refractivity contribution in [1.82, 2.24) is 19.9 Å². The Balaban J connectivity index is 1.82. The monoisotopic (exact) mass is 638 g/mol. The molecule has 6 N–H and O–H groups in total. The molecule has 7 rings (SSSR count). The van der Waals surface area contributed by atoms with E-state index < -0.39 is 46.1 Å². The number of aromatic nitrogens is 4. The van der Waals surface area contributed by atoms with Crippen LogP contribution >= 0.6 is 0 Å². The van der Waals surface area contributed by atoms with Gasteiger partial charge in [-0.15, -0.1) is 0 Å². The number of hydrogen-bond acceptors (Lipinski definition) is 6. The average Bonchev–Trinajstić information content (AvgIpc) is 3.87. The third-order valence-electron chi connectivity index (χ3n) is 8.01. The molecular weight excluding hydrogens is 616 g/mol. The zero-order valence-corrected chi connectivity index (χ0v) is 24.6. The second kappa shape index (κ2) is 11.4. The number of fused-ring (bicyclic) bond motifs is 8. The van der Waals surface area contributed by atoms with Crippen LogP contribution in [0, 0.1) is 0 Å². The van der Waals surface area contributed by atoms with Gasteiger partial charge in [-0.25, -0.2) is 29.1 Å². The Morgan fingerprint density at radius 3 is 1.44 bits per heavy atom. The van der Waals surface area contributed by atoms with E-state index in [1.165, 1.54) is 12.2 Å². The van der Waals surface area contributed by atoms with Gasteiger partial charge in [-0.3, -0.25) is 0 Å². The van der Waals surface area contributed by atoms with Gasteiger partial charge in [-0.1, -0.05) is 60.7 Å². The minimum Gasteiger partial charge on any atom is -0.478 e. The van der Waals surface area contributed by atoms with Crippen LogP contribution in [0.25, 0.3) is 68.6 Å². The fourth-order valence-electron chi connectivity index (χ4n) is 6.05. The summed E-state index contributed by atoms with van der Waals surface area (Å²) in [5.41, 5.74) is -0.128. The predicted octanol–water partition coefficient (Wildman–Crippen LogP) is 6.78. The first kappa shape index (κ1) is 29.6. The van der Waals surface area contributed by atoms with E-state index in [2.05, 4.69) is 15.0 Å². The third-order valence-corrected chi connectivity index (χ3v) is 8.01. The molecule has 5 heterocycles. The smallest absolute Gasteiger partial charge is 0.340 e. The number of nitrogens with one attached hydrogen (secondary N) is 2. The van der Waals surface area contributed by atoms with Gasteiger partial charge < -0.3 is 30.4 Å². The molecule has 234 valence electrons. The van der Waals surface area contributed by atoms with Crippen LogP contribution in [0.4, 0.5) is 0 Å². The van der Waals surface area contributed by atoms with Crippen molar-refractivity contribution in [1.29, 1.82) is 0 Å². The summed E-state index contributed by atoms with van der Waals surface area (Å²) < 4.78 is 0. The van der Waals surface area contributed by atoms with Gasteiger partial charge in [-0.05, 0) is 47.6 Å². The van der Waals surface area contributed by atoms with Crippen molar-refractivity contribution in [3.05, 3.63) is 118 Å². The Bertz CT molecular complexity index is 2460. The van der Waals surface area contributed by atoms with Crippen LogP contribution in [0.1, 0.15) is 64.2 Å². The molecule has 12 heteroatoms. The summed E-state index contributed by atoms with van der Waals surface area (Å²) in [7, 11) is 0. The number of H-pyrrole nitrogens is 2. The van der Waals surface area contributed by atoms with Crippen molar-refractivity contribution in [3.8, 4) is 22.3 Å². The lowest BCUT2D eigenvalue weighted by Gasteiger charge is -2.06. The van der Waals surface area contributed by atoms with Crippen molar-refractivity contribution < 1.29 is 39.6 Å². The van der Waals surface area contributed by atoms with Crippen LogP contribution in [0.15, 0.2) is 72.8 Å². The van der Waals surface area contributed by atoms with Crippen LogP contribution in [-0.4, -0.2) is 64.2 Å². The van der Waals surface area contributed by atoms with Gasteiger partial charge in [0.05, 0.1) is 39.3 Å². The van der Waals surface area contributed by atoms with Crippen molar-refractivity contribution >= 4 is 70.2 Å². The van der Waals surface area contributed by atoms with Gasteiger partial charge in [0, 0.05) is 16.6 Å². The number of rotatable bonds is 6. The molecule has 0 amide bonds. The summed E-state index contributed by atoms with van der Waals surface area (Å²) in [5.74, 6) is -6.30. The second-order valence-electron chi connectivity index (χ2n) is 10.8. The highest BCUT2D eigenvalue weighted by Crippen LogP contribution is 2.37. The van der Waals surface area contributed by atoms with E-state index >= 15 is 0 Å². The lowest BCUT2D eigenvalue weighted by Crippen LogP contribution is -2.08. The van der Waals surface area contributed by atoms with Crippen LogP contribution in [-0.2, 0) is 0 Å². The minimum absolute atomic E-state index is 0.106. The molecular formula is C36H22N4O8. The van der Waals surface area contributed by atoms with Crippen LogP contribution < -0.4 is 0 Å². The van der Waals surface area contributed by atoms with E-state index in [1.807, 2.05) is 30.3 Å². The van der Waals surface area contributed by atoms with Crippen LogP contribution in [0.3, 0.4) is 0 Å². The van der Waals surface area contributed by atoms with Gasteiger partial charge in [0.1, 0.15) is 22.3 Å². The molecule has 2 aliphatic heterocycles. The summed E-state index contributed by atoms with van der Waals surface area (Å²) in [6, 6.07) is 21.1. The molecule has 0 saturated heterocycles. The first-order valence-electron chi connectivity index (χ1n) is 14.4. The highest BCUT2D eigenvalue weighted by atomic mass is 16.4. The molecule has 0 atom stereocenters. The number of aromatic carboxylic acids is 4. The van der Waals surface area contributed by atoms with Crippen molar-refractivity contribution in [2.75, 3.05) is 0 Å². The van der Waals surface area contributed by atoms with Crippen molar-refractivity contribution in [2.45, 2.75) is 0 Å². The molecule has 48 heavy (non-hydrogen) atoms. The molecule has 0 aliphatic carbocycles. The molecule has 5 aromatic rings. The lowest BCUT2D eigenvalue weighted by atomic mass is 10.00. The molecule has 0 fully saturated rings. The fraction of sp³-hybridized carbons (Fsp3) is 0. The molecule has 0 saturated carbocycles. The topological polar surface area (TPSA) is 207 Å². The zero-order chi connectivity index (χ0) is 33.7. The van der Waals surface area contributed by atoms with E-state index in [4.69, 9.17) is 4.98 Å². The zero-order valence-electron chi connectivity index (χ0n) is 24.6. The number of aromatic amines is 2. The quantitative estimate of drug-likeness (QED) is 0.112. The summed E-state index contributed by atoms with van der Waals surface area (Å²) in [6.07, 6.45) is 5.90. The Hall–Kier alpha value is -7.08. The van der Waals surface area contributed by atoms with Crippen LogP contribution in [0.5, 0.6) is 0 Å². The predicted molar refractivity (Wildman–Crippen MR) is 178 cm³/mol. The van der Waals surface area contributed by atoms with Gasteiger partial charge >= 0.3 is 23.9 Å². The highest BCUT2D eigenvalue weighted by Gasteiger charge is 2.31. The molecule has 3 aromatic heterocycles. The maximum atomic E-state index is 12.9. The van der Waals surface area contributed by atoms with E-state index in [0.717, 1.165) is 5.56 Å². The van der Waals surface area contributed by atoms with E-state index in [1.54, 1.807) is 54.6 Å². The Kier molecular flexibility index (Phi) is 7.02. The highest BCUT2D eigenvalue weighted by molar-refractivity contribution is 6.18. The Morgan fingerprint density at radius 1 is 0.438 bits per heavy atom. The standard InChI is InChI=1S/C36H22N4O8/c41-33(42)27-22-14-12-20(38-22)25(17-7-3-1-4-8-17)19-11-13-21(37-19)26(18-9-5-2-6-10-18)31-29(35(45)46)30(36(47)48)32(40-31)28(34(43)44)24-16-15-23(27)39-24/h1-16,38,40H,(H,41,42)(H,43,44)(H,45,46)(H,47,48). The van der Waals surface area contributed by atoms with E-state index in [-0.39, 0.29) is 39.2 Å². The van der Waals surface area contributed by atoms with Gasteiger partial charge in [0.2, 0.25) is 0 Å². The van der Waals surface area contributed by atoms with Crippen molar-refractivity contribution in [3.63, 3.8) is 0 Å². The Labute approximate surface area is 269 Å². The molecule has 2 aliphatic rings. The molecule has 0 unspecified atom stereocenters. The summed E-state index contributed by atoms with van der Waals surface area (Å²) in [5, 5.41) is 41.5. The van der Waals surface area contributed by atoms with E-state index in [9.17, 15) is 39.6 Å². The second-order valence-corrected chi connectivity index (χ2v) is 10.8. The fourth-order valence-corrected chi connectivity index (χ4v) is 6.05. The van der Waals surface area contributed by atoms with Gasteiger partial charge in [0.25, 0.3) is 0 Å². The molecule has 0 spiro atoms. The number of carboxylic acids is 4. The summed E-state index contributed by atoms with van der Waals surface area (Å²) in [4.78, 5) is 66.3. The summed E-state index contributed by atoms with van der Waals surface area (Å²) >= 11 is 0. The number of carboxylic acid groups (broad SMARTS) is 4. The molecule has 12 nitrogen and oxygen atoms in total.